The molecule has 0 amide bonds. The number of carbonyl (C=O) groups is 1. The van der Waals surface area contributed by atoms with Gasteiger partial charge in [0.25, 0.3) is 0 Å². The second-order valence-electron chi connectivity index (χ2n) is 2.43. The first-order valence-electron chi connectivity index (χ1n) is 3.72. The van der Waals surface area contributed by atoms with E-state index in [4.69, 9.17) is 4.84 Å². The summed E-state index contributed by atoms with van der Waals surface area (Å²) in [7, 11) is 1.55. The normalized spacial score (nSPS) is 17.8. The van der Waals surface area contributed by atoms with Crippen molar-refractivity contribution in [2.24, 2.45) is 4.99 Å². The fourth-order valence-corrected chi connectivity index (χ4v) is 1.04. The van der Waals surface area contributed by atoms with Crippen LogP contribution >= 0.6 is 12.4 Å². The van der Waals surface area contributed by atoms with E-state index < -0.39 is 0 Å². The second kappa shape index (κ2) is 5.97. The highest BCUT2D eigenvalue weighted by Gasteiger charge is 2.14. The topological polar surface area (TPSA) is 41.9 Å². The predicted octanol–water partition coefficient (Wildman–Crippen LogP) is 0.663. The Kier molecular flexibility index (Phi) is 5.66. The number of carbonyl (C=O) groups excluding carboxylic acids is 1. The Bertz CT molecular complexity index is 167. The van der Waals surface area contributed by atoms with Gasteiger partial charge in [-0.3, -0.25) is 4.99 Å². The van der Waals surface area contributed by atoms with E-state index in [0.717, 1.165) is 25.9 Å². The highest BCUT2D eigenvalue weighted by molar-refractivity contribution is 6.22. The standard InChI is InChI=1S/C7H12N2O2.ClH/c1-8-6-7(10)11-9-4-2-3-5-9;/h6H,2-5H2,1H3;1H. The number of hydroxylamine groups is 2. The summed E-state index contributed by atoms with van der Waals surface area (Å²) in [5, 5.41) is 1.67. The van der Waals surface area contributed by atoms with E-state index in [1.807, 2.05) is 0 Å². The van der Waals surface area contributed by atoms with Crippen LogP contribution in [0.1, 0.15) is 12.8 Å². The molecule has 0 saturated carbocycles. The van der Waals surface area contributed by atoms with Crippen LogP contribution in [0, 0.1) is 0 Å². The Morgan fingerprint density at radius 1 is 1.50 bits per heavy atom. The first kappa shape index (κ1) is 11.4. The van der Waals surface area contributed by atoms with Crippen LogP contribution in [0.3, 0.4) is 0 Å². The van der Waals surface area contributed by atoms with Gasteiger partial charge in [-0.1, -0.05) is 0 Å². The van der Waals surface area contributed by atoms with Crippen LogP contribution in [-0.2, 0) is 9.63 Å². The molecule has 0 radical (unpaired) electrons. The monoisotopic (exact) mass is 192 g/mol. The van der Waals surface area contributed by atoms with Crippen molar-refractivity contribution in [1.29, 1.82) is 0 Å². The largest absolute Gasteiger partial charge is 0.367 e. The zero-order valence-corrected chi connectivity index (χ0v) is 7.84. The molecule has 12 heavy (non-hydrogen) atoms. The number of hydrogen-bond donors (Lipinski definition) is 0. The maximum absolute atomic E-state index is 10.8. The third kappa shape index (κ3) is 3.69. The zero-order chi connectivity index (χ0) is 8.10. The van der Waals surface area contributed by atoms with E-state index in [2.05, 4.69) is 4.99 Å². The number of nitrogens with zero attached hydrogens (tertiary/aromatic N) is 2. The molecule has 0 atom stereocenters. The van der Waals surface area contributed by atoms with Crippen LogP contribution in [0.15, 0.2) is 4.99 Å². The number of halogens is 1. The first-order chi connectivity index (χ1) is 5.33. The molecule has 5 heteroatoms. The Balaban J connectivity index is 0.00000121. The summed E-state index contributed by atoms with van der Waals surface area (Å²) in [6, 6.07) is 0. The van der Waals surface area contributed by atoms with E-state index in [9.17, 15) is 4.79 Å². The summed E-state index contributed by atoms with van der Waals surface area (Å²) < 4.78 is 0. The molecule has 0 unspecified atom stereocenters. The lowest BCUT2D eigenvalue weighted by molar-refractivity contribution is -0.175. The van der Waals surface area contributed by atoms with Gasteiger partial charge >= 0.3 is 5.97 Å². The van der Waals surface area contributed by atoms with Crippen LogP contribution in [0.5, 0.6) is 0 Å². The van der Waals surface area contributed by atoms with Crippen molar-refractivity contribution in [3.05, 3.63) is 0 Å². The van der Waals surface area contributed by atoms with Gasteiger partial charge in [0, 0.05) is 20.1 Å². The fourth-order valence-electron chi connectivity index (χ4n) is 1.04. The van der Waals surface area contributed by atoms with Crippen molar-refractivity contribution in [1.82, 2.24) is 5.06 Å². The Labute approximate surface area is 78.0 Å². The molecule has 0 aliphatic carbocycles. The van der Waals surface area contributed by atoms with Crippen molar-refractivity contribution in [2.45, 2.75) is 12.8 Å². The van der Waals surface area contributed by atoms with Crippen molar-refractivity contribution < 1.29 is 9.63 Å². The number of hydrogen-bond acceptors (Lipinski definition) is 4. The molecule has 1 rings (SSSR count). The lowest BCUT2D eigenvalue weighted by atomic mass is 10.4. The molecule has 1 aliphatic rings. The van der Waals surface area contributed by atoms with Gasteiger partial charge in [0.05, 0.1) is 0 Å². The van der Waals surface area contributed by atoms with E-state index in [-0.39, 0.29) is 18.4 Å². The van der Waals surface area contributed by atoms with E-state index in [0.29, 0.717) is 0 Å². The minimum absolute atomic E-state index is 0. The molecule has 1 heterocycles. The van der Waals surface area contributed by atoms with E-state index in [1.165, 1.54) is 6.21 Å². The Morgan fingerprint density at radius 3 is 2.58 bits per heavy atom. The van der Waals surface area contributed by atoms with Crippen LogP contribution < -0.4 is 0 Å². The summed E-state index contributed by atoms with van der Waals surface area (Å²) >= 11 is 0. The molecule has 4 nitrogen and oxygen atoms in total. The van der Waals surface area contributed by atoms with E-state index >= 15 is 0 Å². The first-order valence-corrected chi connectivity index (χ1v) is 3.72. The molecule has 0 aromatic carbocycles. The van der Waals surface area contributed by atoms with Crippen molar-refractivity contribution in [2.75, 3.05) is 20.1 Å². The Hall–Kier alpha value is -0.610. The lowest BCUT2D eigenvalue weighted by Crippen LogP contribution is -2.24. The van der Waals surface area contributed by atoms with Crippen molar-refractivity contribution in [3.63, 3.8) is 0 Å². The molecule has 1 saturated heterocycles. The number of rotatable bonds is 2. The molecule has 1 aliphatic heterocycles. The molecule has 0 N–H and O–H groups in total. The summed E-state index contributed by atoms with van der Waals surface area (Å²) in [5.41, 5.74) is 0. The van der Waals surface area contributed by atoms with Crippen LogP contribution in [0.2, 0.25) is 0 Å². The average molecular weight is 193 g/mol. The molecule has 0 aromatic heterocycles. The van der Waals surface area contributed by atoms with Crippen LogP contribution in [0.4, 0.5) is 0 Å². The van der Waals surface area contributed by atoms with Gasteiger partial charge in [0.2, 0.25) is 0 Å². The van der Waals surface area contributed by atoms with Crippen LogP contribution in [-0.4, -0.2) is 37.4 Å². The second-order valence-corrected chi connectivity index (χ2v) is 2.43. The van der Waals surface area contributed by atoms with Gasteiger partial charge in [0.1, 0.15) is 6.21 Å². The summed E-state index contributed by atoms with van der Waals surface area (Å²) in [6.07, 6.45) is 3.39. The predicted molar refractivity (Wildman–Crippen MR) is 48.6 cm³/mol. The maximum Gasteiger partial charge on any atom is 0.367 e. The smallest absolute Gasteiger partial charge is 0.363 e. The summed E-state index contributed by atoms with van der Waals surface area (Å²) in [5.74, 6) is -0.380. The van der Waals surface area contributed by atoms with Crippen molar-refractivity contribution >= 4 is 24.6 Å². The van der Waals surface area contributed by atoms with Gasteiger partial charge in [-0.25, -0.2) is 4.79 Å². The van der Waals surface area contributed by atoms with E-state index in [1.54, 1.807) is 12.1 Å². The quantitative estimate of drug-likeness (QED) is 0.604. The molecule has 0 bridgehead atoms. The molecule has 70 valence electrons. The van der Waals surface area contributed by atoms with Gasteiger partial charge in [-0.05, 0) is 12.8 Å². The molecular formula is C7H13ClN2O2. The minimum atomic E-state index is -0.380. The highest BCUT2D eigenvalue weighted by atomic mass is 35.5. The average Bonchev–Trinajstić information content (AvgIpc) is 2.40. The highest BCUT2D eigenvalue weighted by Crippen LogP contribution is 2.06. The number of aliphatic imine (C=N–C) groups is 1. The van der Waals surface area contributed by atoms with Crippen LogP contribution in [0.25, 0.3) is 0 Å². The summed E-state index contributed by atoms with van der Waals surface area (Å²) in [6.45, 7) is 1.70. The van der Waals surface area contributed by atoms with Gasteiger partial charge in [0.15, 0.2) is 0 Å². The fraction of sp³-hybridized carbons (Fsp3) is 0.714. The minimum Gasteiger partial charge on any atom is -0.363 e. The Morgan fingerprint density at radius 2 is 2.08 bits per heavy atom. The van der Waals surface area contributed by atoms with Crippen molar-refractivity contribution in [3.8, 4) is 0 Å². The molecule has 1 fully saturated rings. The zero-order valence-electron chi connectivity index (χ0n) is 7.02. The summed E-state index contributed by atoms with van der Waals surface area (Å²) in [4.78, 5) is 19.2. The van der Waals surface area contributed by atoms with Gasteiger partial charge < -0.3 is 4.84 Å². The third-order valence-corrected chi connectivity index (χ3v) is 1.52. The third-order valence-electron chi connectivity index (χ3n) is 1.52. The van der Waals surface area contributed by atoms with Gasteiger partial charge in [-0.2, -0.15) is 0 Å². The maximum atomic E-state index is 10.8. The molecule has 0 aromatic rings. The lowest BCUT2D eigenvalue weighted by Gasteiger charge is -2.11. The molecular weight excluding hydrogens is 180 g/mol. The SMILES string of the molecule is CN=CC(=O)ON1CCCC1.Cl. The van der Waals surface area contributed by atoms with Gasteiger partial charge in [-0.15, -0.1) is 17.5 Å². The molecule has 0 spiro atoms.